The third-order valence-electron chi connectivity index (χ3n) is 2.39. The maximum atomic E-state index is 8.93. The number of nitrogens with one attached hydrogen (secondary N) is 1. The van der Waals surface area contributed by atoms with Gasteiger partial charge in [-0.25, -0.2) is 0 Å². The second-order valence-corrected chi connectivity index (χ2v) is 3.66. The number of rotatable bonds is 5. The van der Waals surface area contributed by atoms with Crippen LogP contribution in [0.1, 0.15) is 6.92 Å². The van der Waals surface area contributed by atoms with Crippen molar-refractivity contribution in [2.45, 2.75) is 12.5 Å². The first-order chi connectivity index (χ1) is 7.63. The van der Waals surface area contributed by atoms with Crippen LogP contribution < -0.4 is 14.8 Å². The molecule has 0 aliphatic heterocycles. The highest BCUT2D eigenvalue weighted by atomic mass is 16.5. The number of methoxy groups -OCH3 is 1. The van der Waals surface area contributed by atoms with Crippen LogP contribution in [0.15, 0.2) is 24.3 Å². The largest absolute Gasteiger partial charge is 0.497 e. The molecule has 0 amide bonds. The Morgan fingerprint density at radius 2 is 1.88 bits per heavy atom. The molecule has 1 aromatic carbocycles. The minimum absolute atomic E-state index is 0.298. The third kappa shape index (κ3) is 3.14. The minimum atomic E-state index is -0.667. The summed E-state index contributed by atoms with van der Waals surface area (Å²) in [6.45, 7) is 2.09. The number of hydrogen-bond donors (Lipinski definition) is 1. The molecule has 1 N–H and O–H groups in total. The minimum Gasteiger partial charge on any atom is -0.497 e. The van der Waals surface area contributed by atoms with Crippen LogP contribution in [0.25, 0.3) is 0 Å². The molecule has 0 saturated carbocycles. The van der Waals surface area contributed by atoms with Crippen molar-refractivity contribution in [3.8, 4) is 17.6 Å². The number of nitrogens with zero attached hydrogens (tertiary/aromatic N) is 1. The van der Waals surface area contributed by atoms with Crippen molar-refractivity contribution in [3.63, 3.8) is 0 Å². The van der Waals surface area contributed by atoms with Crippen LogP contribution in [-0.4, -0.2) is 26.3 Å². The van der Waals surface area contributed by atoms with Crippen molar-refractivity contribution >= 4 is 0 Å². The van der Waals surface area contributed by atoms with Gasteiger partial charge < -0.3 is 9.47 Å². The number of ether oxygens (including phenoxy) is 2. The molecule has 1 atom stereocenters. The van der Waals surface area contributed by atoms with E-state index in [1.807, 2.05) is 24.3 Å². The average Bonchev–Trinajstić information content (AvgIpc) is 2.36. The van der Waals surface area contributed by atoms with E-state index in [-0.39, 0.29) is 0 Å². The summed E-state index contributed by atoms with van der Waals surface area (Å²) in [6.07, 6.45) is 0. The molecule has 0 saturated heterocycles. The molecular weight excluding hydrogens is 204 g/mol. The molecule has 4 heteroatoms. The lowest BCUT2D eigenvalue weighted by atomic mass is 10.1. The maximum absolute atomic E-state index is 8.93. The van der Waals surface area contributed by atoms with Crippen molar-refractivity contribution in [2.75, 3.05) is 20.8 Å². The van der Waals surface area contributed by atoms with Crippen LogP contribution in [0.2, 0.25) is 0 Å². The molecule has 1 unspecified atom stereocenters. The summed E-state index contributed by atoms with van der Waals surface area (Å²) in [6, 6.07) is 9.42. The highest BCUT2D eigenvalue weighted by molar-refractivity contribution is 5.31. The van der Waals surface area contributed by atoms with Gasteiger partial charge in [0.05, 0.1) is 13.2 Å². The van der Waals surface area contributed by atoms with E-state index in [1.165, 1.54) is 0 Å². The Bertz CT molecular complexity index is 370. The van der Waals surface area contributed by atoms with Crippen molar-refractivity contribution in [1.82, 2.24) is 5.32 Å². The second kappa shape index (κ2) is 5.38. The van der Waals surface area contributed by atoms with Gasteiger partial charge in [0.15, 0.2) is 0 Å². The van der Waals surface area contributed by atoms with Crippen LogP contribution >= 0.6 is 0 Å². The Morgan fingerprint density at radius 3 is 2.31 bits per heavy atom. The Kier molecular flexibility index (Phi) is 4.15. The first-order valence-corrected chi connectivity index (χ1v) is 5.00. The maximum Gasteiger partial charge on any atom is 0.137 e. The molecule has 4 nitrogen and oxygen atoms in total. The van der Waals surface area contributed by atoms with E-state index >= 15 is 0 Å². The summed E-state index contributed by atoms with van der Waals surface area (Å²) in [5.41, 5.74) is -0.667. The lowest BCUT2D eigenvalue weighted by Gasteiger charge is -2.20. The molecule has 0 spiro atoms. The first-order valence-electron chi connectivity index (χ1n) is 5.00. The summed E-state index contributed by atoms with van der Waals surface area (Å²) in [5.74, 6) is 1.50. The van der Waals surface area contributed by atoms with Gasteiger partial charge in [0, 0.05) is 0 Å². The zero-order valence-corrected chi connectivity index (χ0v) is 9.78. The van der Waals surface area contributed by atoms with Crippen LogP contribution in [-0.2, 0) is 0 Å². The number of hydrogen-bond acceptors (Lipinski definition) is 4. The van der Waals surface area contributed by atoms with Crippen LogP contribution in [0.5, 0.6) is 11.5 Å². The molecule has 1 aromatic rings. The molecular formula is C12H16N2O2. The predicted molar refractivity (Wildman–Crippen MR) is 61.6 cm³/mol. The number of nitriles is 1. The lowest BCUT2D eigenvalue weighted by molar-refractivity contribution is 0.242. The van der Waals surface area contributed by atoms with E-state index in [4.69, 9.17) is 14.7 Å². The first kappa shape index (κ1) is 12.3. The Balaban J connectivity index is 2.58. The fourth-order valence-corrected chi connectivity index (χ4v) is 1.06. The summed E-state index contributed by atoms with van der Waals surface area (Å²) >= 11 is 0. The predicted octanol–water partition coefficient (Wildman–Crippen LogP) is 1.58. The highest BCUT2D eigenvalue weighted by Gasteiger charge is 2.21. The molecule has 0 aliphatic carbocycles. The van der Waals surface area contributed by atoms with Crippen LogP contribution in [0.4, 0.5) is 0 Å². The zero-order valence-electron chi connectivity index (χ0n) is 9.78. The van der Waals surface area contributed by atoms with Gasteiger partial charge in [-0.15, -0.1) is 0 Å². The van der Waals surface area contributed by atoms with E-state index in [9.17, 15) is 0 Å². The number of likely N-dealkylation sites (N-methyl/N-ethyl adjacent to an activating group) is 1. The molecule has 16 heavy (non-hydrogen) atoms. The van der Waals surface area contributed by atoms with Gasteiger partial charge in [-0.2, -0.15) is 5.26 Å². The average molecular weight is 220 g/mol. The monoisotopic (exact) mass is 220 g/mol. The molecule has 0 heterocycles. The quantitative estimate of drug-likeness (QED) is 0.818. The third-order valence-corrected chi connectivity index (χ3v) is 2.39. The normalized spacial score (nSPS) is 13.6. The van der Waals surface area contributed by atoms with Crippen molar-refractivity contribution < 1.29 is 9.47 Å². The molecule has 86 valence electrons. The van der Waals surface area contributed by atoms with Gasteiger partial charge in [0.25, 0.3) is 0 Å². The van der Waals surface area contributed by atoms with Crippen molar-refractivity contribution in [2.24, 2.45) is 0 Å². The molecule has 0 aromatic heterocycles. The Morgan fingerprint density at radius 1 is 1.31 bits per heavy atom. The fraction of sp³-hybridized carbons (Fsp3) is 0.417. The van der Waals surface area contributed by atoms with Gasteiger partial charge in [-0.1, -0.05) is 0 Å². The van der Waals surface area contributed by atoms with E-state index in [1.54, 1.807) is 21.1 Å². The van der Waals surface area contributed by atoms with Crippen molar-refractivity contribution in [1.29, 1.82) is 5.26 Å². The topological polar surface area (TPSA) is 54.3 Å². The SMILES string of the molecule is CNC(C)(C#N)COc1ccc(OC)cc1. The summed E-state index contributed by atoms with van der Waals surface area (Å²) in [7, 11) is 3.35. The fourth-order valence-electron chi connectivity index (χ4n) is 1.06. The van der Waals surface area contributed by atoms with Gasteiger partial charge >= 0.3 is 0 Å². The van der Waals surface area contributed by atoms with E-state index < -0.39 is 5.54 Å². The van der Waals surface area contributed by atoms with Crippen LogP contribution in [0, 0.1) is 11.3 Å². The molecule has 1 rings (SSSR count). The zero-order chi connectivity index (χ0) is 12.0. The summed E-state index contributed by atoms with van der Waals surface area (Å²) in [4.78, 5) is 0. The van der Waals surface area contributed by atoms with Gasteiger partial charge in [0.2, 0.25) is 0 Å². The Labute approximate surface area is 95.8 Å². The highest BCUT2D eigenvalue weighted by Crippen LogP contribution is 2.18. The summed E-state index contributed by atoms with van der Waals surface area (Å²) in [5, 5.41) is 11.8. The molecule has 0 radical (unpaired) electrons. The second-order valence-electron chi connectivity index (χ2n) is 3.66. The standard InChI is InChI=1S/C12H16N2O2/c1-12(8-13,14-2)9-16-11-6-4-10(15-3)5-7-11/h4-7,14H,9H2,1-3H3. The lowest BCUT2D eigenvalue weighted by Crippen LogP contribution is -2.43. The van der Waals surface area contributed by atoms with Gasteiger partial charge in [0.1, 0.15) is 23.6 Å². The van der Waals surface area contributed by atoms with Crippen LogP contribution in [0.3, 0.4) is 0 Å². The van der Waals surface area contributed by atoms with E-state index in [0.717, 1.165) is 11.5 Å². The molecule has 0 bridgehead atoms. The van der Waals surface area contributed by atoms with Gasteiger partial charge in [-0.05, 0) is 38.2 Å². The summed E-state index contributed by atoms with van der Waals surface area (Å²) < 4.78 is 10.5. The Hall–Kier alpha value is -1.73. The molecule has 0 fully saturated rings. The van der Waals surface area contributed by atoms with E-state index in [0.29, 0.717) is 6.61 Å². The van der Waals surface area contributed by atoms with E-state index in [2.05, 4.69) is 11.4 Å². The van der Waals surface area contributed by atoms with Crippen molar-refractivity contribution in [3.05, 3.63) is 24.3 Å². The van der Waals surface area contributed by atoms with Gasteiger partial charge in [-0.3, -0.25) is 5.32 Å². The smallest absolute Gasteiger partial charge is 0.137 e. The molecule has 0 aliphatic rings. The number of benzene rings is 1.